The van der Waals surface area contributed by atoms with Crippen LogP contribution in [0.1, 0.15) is 11.1 Å². The Morgan fingerprint density at radius 2 is 1.36 bits per heavy atom. The van der Waals surface area contributed by atoms with Crippen molar-refractivity contribution in [2.75, 3.05) is 0 Å². The SMILES string of the molecule is N#CC1=CC(=O)C=CC1=C(c1ccccc1)c1ccccc1. The summed E-state index contributed by atoms with van der Waals surface area (Å²) in [6, 6.07) is 21.9. The molecule has 2 aromatic carbocycles. The molecule has 0 atom stereocenters. The molecular formula is C20H13NO. The van der Waals surface area contributed by atoms with Gasteiger partial charge < -0.3 is 0 Å². The largest absolute Gasteiger partial charge is 0.290 e. The molecule has 0 saturated carbocycles. The fourth-order valence-electron chi connectivity index (χ4n) is 2.52. The molecule has 0 amide bonds. The smallest absolute Gasteiger partial charge is 0.179 e. The number of hydrogen-bond donors (Lipinski definition) is 0. The lowest BCUT2D eigenvalue weighted by Crippen LogP contribution is -2.02. The number of nitriles is 1. The monoisotopic (exact) mass is 283 g/mol. The molecule has 2 nitrogen and oxygen atoms in total. The van der Waals surface area contributed by atoms with Gasteiger partial charge in [0.1, 0.15) is 0 Å². The van der Waals surface area contributed by atoms with E-state index in [1.807, 2.05) is 60.7 Å². The number of hydrogen-bond acceptors (Lipinski definition) is 2. The Bertz CT molecular complexity index is 793. The van der Waals surface area contributed by atoms with Crippen molar-refractivity contribution in [1.82, 2.24) is 0 Å². The van der Waals surface area contributed by atoms with Gasteiger partial charge in [-0.2, -0.15) is 5.26 Å². The molecule has 0 aromatic heterocycles. The van der Waals surface area contributed by atoms with Gasteiger partial charge in [0.25, 0.3) is 0 Å². The lowest BCUT2D eigenvalue weighted by molar-refractivity contribution is -0.110. The van der Waals surface area contributed by atoms with Crippen LogP contribution in [0.25, 0.3) is 5.57 Å². The summed E-state index contributed by atoms with van der Waals surface area (Å²) >= 11 is 0. The van der Waals surface area contributed by atoms with Gasteiger partial charge in [0.2, 0.25) is 0 Å². The highest BCUT2D eigenvalue weighted by atomic mass is 16.1. The standard InChI is InChI=1S/C20H13NO/c21-14-17-13-18(22)11-12-19(17)20(15-7-3-1-4-8-15)16-9-5-2-6-10-16/h1-13H. The van der Waals surface area contributed by atoms with Crippen LogP contribution in [0, 0.1) is 11.3 Å². The van der Waals surface area contributed by atoms with Gasteiger partial charge in [-0.25, -0.2) is 0 Å². The highest BCUT2D eigenvalue weighted by molar-refractivity contribution is 6.05. The quantitative estimate of drug-likeness (QED) is 0.833. The molecule has 0 spiro atoms. The molecule has 0 heterocycles. The normalized spacial score (nSPS) is 13.5. The van der Waals surface area contributed by atoms with Crippen LogP contribution in [-0.4, -0.2) is 5.78 Å². The summed E-state index contributed by atoms with van der Waals surface area (Å²) in [6.07, 6.45) is 4.62. The minimum Gasteiger partial charge on any atom is -0.290 e. The molecule has 2 heteroatoms. The van der Waals surface area contributed by atoms with E-state index in [1.54, 1.807) is 6.08 Å². The van der Waals surface area contributed by atoms with Crippen molar-refractivity contribution in [3.8, 4) is 6.07 Å². The van der Waals surface area contributed by atoms with E-state index in [0.717, 1.165) is 22.3 Å². The van der Waals surface area contributed by atoms with E-state index < -0.39 is 0 Å². The van der Waals surface area contributed by atoms with Gasteiger partial charge in [-0.1, -0.05) is 60.7 Å². The average molecular weight is 283 g/mol. The van der Waals surface area contributed by atoms with E-state index in [0.29, 0.717) is 5.57 Å². The minimum atomic E-state index is -0.152. The molecule has 0 fully saturated rings. The molecule has 0 unspecified atom stereocenters. The maximum Gasteiger partial charge on any atom is 0.179 e. The van der Waals surface area contributed by atoms with E-state index in [-0.39, 0.29) is 5.78 Å². The van der Waals surface area contributed by atoms with Crippen molar-refractivity contribution in [3.05, 3.63) is 101 Å². The second kappa shape index (κ2) is 6.07. The zero-order valence-corrected chi connectivity index (χ0v) is 11.9. The predicted molar refractivity (Wildman–Crippen MR) is 86.7 cm³/mol. The Morgan fingerprint density at radius 3 is 1.86 bits per heavy atom. The molecule has 2 aromatic rings. The molecule has 0 bridgehead atoms. The first-order valence-electron chi connectivity index (χ1n) is 6.99. The summed E-state index contributed by atoms with van der Waals surface area (Å²) in [6.45, 7) is 0. The summed E-state index contributed by atoms with van der Waals surface area (Å²) in [5.41, 5.74) is 4.17. The summed E-state index contributed by atoms with van der Waals surface area (Å²) in [5, 5.41) is 9.38. The van der Waals surface area contributed by atoms with E-state index >= 15 is 0 Å². The summed E-state index contributed by atoms with van der Waals surface area (Å²) < 4.78 is 0. The third-order valence-corrected chi connectivity index (χ3v) is 3.51. The Hall–Kier alpha value is -3.18. The maximum absolute atomic E-state index is 11.5. The number of benzene rings is 2. The number of allylic oxidation sites excluding steroid dienone is 5. The van der Waals surface area contributed by atoms with Crippen molar-refractivity contribution < 1.29 is 4.79 Å². The van der Waals surface area contributed by atoms with Gasteiger partial charge in [-0.3, -0.25) is 4.79 Å². The molecule has 1 aliphatic rings. The van der Waals surface area contributed by atoms with Crippen molar-refractivity contribution >= 4 is 11.4 Å². The van der Waals surface area contributed by atoms with Crippen LogP contribution in [0.3, 0.4) is 0 Å². The Kier molecular flexibility index (Phi) is 3.80. The van der Waals surface area contributed by atoms with Gasteiger partial charge in [0.15, 0.2) is 5.78 Å². The van der Waals surface area contributed by atoms with Gasteiger partial charge in [0, 0.05) is 11.6 Å². The predicted octanol–water partition coefficient (Wildman–Crippen LogP) is 4.08. The first-order chi connectivity index (χ1) is 10.8. The topological polar surface area (TPSA) is 40.9 Å². The molecular weight excluding hydrogens is 270 g/mol. The van der Waals surface area contributed by atoms with E-state index in [1.165, 1.54) is 12.2 Å². The number of rotatable bonds is 2. The third-order valence-electron chi connectivity index (χ3n) is 3.51. The Morgan fingerprint density at radius 1 is 0.818 bits per heavy atom. The molecule has 22 heavy (non-hydrogen) atoms. The van der Waals surface area contributed by atoms with Crippen molar-refractivity contribution in [2.45, 2.75) is 0 Å². The number of carbonyl (C=O) groups excluding carboxylic acids is 1. The fraction of sp³-hybridized carbons (Fsp3) is 0. The molecule has 0 saturated heterocycles. The number of carbonyl (C=O) groups is 1. The lowest BCUT2D eigenvalue weighted by atomic mass is 9.87. The minimum absolute atomic E-state index is 0.152. The summed E-state index contributed by atoms with van der Waals surface area (Å²) in [7, 11) is 0. The second-order valence-electron chi connectivity index (χ2n) is 4.93. The second-order valence-corrected chi connectivity index (χ2v) is 4.93. The van der Waals surface area contributed by atoms with Crippen molar-refractivity contribution in [3.63, 3.8) is 0 Å². The first-order valence-corrected chi connectivity index (χ1v) is 6.99. The zero-order chi connectivity index (χ0) is 15.4. The van der Waals surface area contributed by atoms with E-state index in [4.69, 9.17) is 0 Å². The van der Waals surface area contributed by atoms with Gasteiger partial charge in [-0.15, -0.1) is 0 Å². The van der Waals surface area contributed by atoms with Crippen LogP contribution in [0.4, 0.5) is 0 Å². The highest BCUT2D eigenvalue weighted by Crippen LogP contribution is 2.32. The molecule has 0 radical (unpaired) electrons. The molecule has 104 valence electrons. The highest BCUT2D eigenvalue weighted by Gasteiger charge is 2.17. The van der Waals surface area contributed by atoms with Crippen LogP contribution in [0.5, 0.6) is 0 Å². The van der Waals surface area contributed by atoms with E-state index in [2.05, 4.69) is 6.07 Å². The molecule has 3 rings (SSSR count). The zero-order valence-electron chi connectivity index (χ0n) is 11.9. The third kappa shape index (κ3) is 2.65. The average Bonchev–Trinajstić information content (AvgIpc) is 2.58. The van der Waals surface area contributed by atoms with Crippen molar-refractivity contribution in [1.29, 1.82) is 5.26 Å². The van der Waals surface area contributed by atoms with Gasteiger partial charge in [-0.05, 0) is 28.9 Å². The van der Waals surface area contributed by atoms with Crippen LogP contribution in [-0.2, 0) is 4.79 Å². The fourth-order valence-corrected chi connectivity index (χ4v) is 2.52. The Labute approximate surface area is 129 Å². The summed E-state index contributed by atoms with van der Waals surface area (Å²) in [5.74, 6) is -0.152. The number of ketones is 1. The first kappa shape index (κ1) is 13.8. The van der Waals surface area contributed by atoms with Crippen LogP contribution in [0.2, 0.25) is 0 Å². The Balaban J connectivity index is 2.29. The van der Waals surface area contributed by atoms with E-state index in [9.17, 15) is 10.1 Å². The molecule has 0 N–H and O–H groups in total. The number of nitrogens with zero attached hydrogens (tertiary/aromatic N) is 1. The van der Waals surface area contributed by atoms with Gasteiger partial charge >= 0.3 is 0 Å². The maximum atomic E-state index is 11.5. The molecule has 0 aliphatic heterocycles. The lowest BCUT2D eigenvalue weighted by Gasteiger charge is -2.15. The van der Waals surface area contributed by atoms with Crippen molar-refractivity contribution in [2.24, 2.45) is 0 Å². The summed E-state index contributed by atoms with van der Waals surface area (Å²) in [4.78, 5) is 11.5. The van der Waals surface area contributed by atoms with Crippen LogP contribution in [0.15, 0.2) is 90.0 Å². The molecule has 1 aliphatic carbocycles. The van der Waals surface area contributed by atoms with Gasteiger partial charge in [0.05, 0.1) is 11.6 Å². The van der Waals surface area contributed by atoms with Crippen LogP contribution >= 0.6 is 0 Å². The van der Waals surface area contributed by atoms with Crippen LogP contribution < -0.4 is 0 Å².